The van der Waals surface area contributed by atoms with E-state index in [0.717, 1.165) is 48.5 Å². The van der Waals surface area contributed by atoms with Gasteiger partial charge in [-0.2, -0.15) is 0 Å². The second-order valence-corrected chi connectivity index (χ2v) is 9.90. The molecule has 4 rings (SSSR count). The lowest BCUT2D eigenvalue weighted by Gasteiger charge is -2.31. The lowest BCUT2D eigenvalue weighted by molar-refractivity contribution is -0.120. The monoisotopic (exact) mass is 431 g/mol. The summed E-state index contributed by atoms with van der Waals surface area (Å²) in [7, 11) is 0. The number of thioether (sulfide) groups is 1. The molecule has 2 heterocycles. The van der Waals surface area contributed by atoms with E-state index in [-0.39, 0.29) is 23.0 Å². The molecule has 1 saturated carbocycles. The van der Waals surface area contributed by atoms with Crippen LogP contribution in [0.4, 0.5) is 10.3 Å². The van der Waals surface area contributed by atoms with Crippen molar-refractivity contribution < 1.29 is 9.18 Å². The molecule has 2 unspecified atom stereocenters. The largest absolute Gasteiger partial charge is 0.349 e. The van der Waals surface area contributed by atoms with E-state index in [1.807, 2.05) is 13.8 Å². The number of anilines is 1. The van der Waals surface area contributed by atoms with Crippen molar-refractivity contribution in [1.29, 1.82) is 0 Å². The molecule has 2 aliphatic rings. The average molecular weight is 432 g/mol. The Hall–Kier alpha value is -2.09. The van der Waals surface area contributed by atoms with E-state index in [2.05, 4.69) is 31.9 Å². The Morgan fingerprint density at radius 1 is 1.13 bits per heavy atom. The second kappa shape index (κ2) is 8.96. The van der Waals surface area contributed by atoms with Crippen LogP contribution in [0.1, 0.15) is 64.1 Å². The zero-order valence-corrected chi connectivity index (χ0v) is 18.7. The number of carbonyl (C=O) groups is 1. The van der Waals surface area contributed by atoms with Gasteiger partial charge in [0.15, 0.2) is 5.16 Å². The van der Waals surface area contributed by atoms with E-state index >= 15 is 0 Å². The maximum Gasteiger partial charge on any atom is 0.233 e. The molecule has 30 heavy (non-hydrogen) atoms. The number of aromatic nitrogens is 3. The van der Waals surface area contributed by atoms with E-state index in [9.17, 15) is 9.18 Å². The summed E-state index contributed by atoms with van der Waals surface area (Å²) in [6.07, 6.45) is 4.65. The van der Waals surface area contributed by atoms with Crippen LogP contribution >= 0.6 is 11.8 Å². The van der Waals surface area contributed by atoms with E-state index in [1.54, 1.807) is 12.1 Å². The summed E-state index contributed by atoms with van der Waals surface area (Å²) >= 11 is 1.46. The average Bonchev–Trinajstić information content (AvgIpc) is 3.49. The summed E-state index contributed by atoms with van der Waals surface area (Å²) in [6.45, 7) is 8.14. The number of carbonyl (C=O) groups excluding carboxylic acids is 1. The highest BCUT2D eigenvalue weighted by atomic mass is 32.2. The smallest absolute Gasteiger partial charge is 0.233 e. The molecule has 1 aromatic heterocycles. The number of benzene rings is 1. The molecule has 0 radical (unpaired) electrons. The van der Waals surface area contributed by atoms with Crippen LogP contribution in [0, 0.1) is 11.7 Å². The van der Waals surface area contributed by atoms with Crippen molar-refractivity contribution in [1.82, 2.24) is 20.1 Å². The molecule has 8 heteroatoms. The number of nitrogens with zero attached hydrogens (tertiary/aromatic N) is 4. The minimum absolute atomic E-state index is 0.0597. The number of hydrogen-bond acceptors (Lipinski definition) is 5. The van der Waals surface area contributed by atoms with Crippen molar-refractivity contribution in [3.63, 3.8) is 0 Å². The van der Waals surface area contributed by atoms with Gasteiger partial charge in [0.05, 0.1) is 11.3 Å². The van der Waals surface area contributed by atoms with Crippen LogP contribution in [0.15, 0.2) is 29.4 Å². The highest BCUT2D eigenvalue weighted by Crippen LogP contribution is 2.42. The molecule has 1 aliphatic heterocycles. The highest BCUT2D eigenvalue weighted by Gasteiger charge is 2.33. The molecule has 1 aliphatic carbocycles. The Kier molecular flexibility index (Phi) is 6.32. The van der Waals surface area contributed by atoms with Gasteiger partial charge < -0.3 is 10.2 Å². The Morgan fingerprint density at radius 3 is 2.43 bits per heavy atom. The van der Waals surface area contributed by atoms with Crippen molar-refractivity contribution in [3.05, 3.63) is 35.6 Å². The molecular formula is C22H30FN5OS. The third kappa shape index (κ3) is 4.79. The van der Waals surface area contributed by atoms with Gasteiger partial charge in [0.2, 0.25) is 11.9 Å². The minimum Gasteiger partial charge on any atom is -0.349 e. The lowest BCUT2D eigenvalue weighted by Crippen LogP contribution is -2.35. The van der Waals surface area contributed by atoms with Gasteiger partial charge >= 0.3 is 0 Å². The van der Waals surface area contributed by atoms with Crippen molar-refractivity contribution >= 4 is 23.6 Å². The first kappa shape index (κ1) is 21.2. The van der Waals surface area contributed by atoms with Crippen LogP contribution in [0.25, 0.3) is 0 Å². The topological polar surface area (TPSA) is 63.1 Å². The molecule has 1 N–H and O–H groups in total. The number of nitrogens with one attached hydrogen (secondary N) is 1. The van der Waals surface area contributed by atoms with Crippen molar-refractivity contribution in [2.75, 3.05) is 18.0 Å². The Bertz CT molecular complexity index is 874. The van der Waals surface area contributed by atoms with Crippen LogP contribution in [-0.4, -0.2) is 39.0 Å². The molecule has 1 aromatic carbocycles. The predicted molar refractivity (Wildman–Crippen MR) is 117 cm³/mol. The van der Waals surface area contributed by atoms with Crippen LogP contribution in [0.5, 0.6) is 0 Å². The number of rotatable bonds is 7. The maximum atomic E-state index is 13.1. The summed E-state index contributed by atoms with van der Waals surface area (Å²) in [5.74, 6) is 1.38. The normalized spacial score (nSPS) is 19.5. The summed E-state index contributed by atoms with van der Waals surface area (Å²) in [4.78, 5) is 15.1. The number of piperidine rings is 1. The molecule has 0 bridgehead atoms. The zero-order chi connectivity index (χ0) is 21.3. The molecule has 0 spiro atoms. The second-order valence-electron chi connectivity index (χ2n) is 8.60. The molecule has 2 atom stereocenters. The summed E-state index contributed by atoms with van der Waals surface area (Å²) in [5, 5.41) is 12.5. The Labute approximate surface area is 181 Å². The zero-order valence-electron chi connectivity index (χ0n) is 17.8. The van der Waals surface area contributed by atoms with E-state index in [0.29, 0.717) is 6.04 Å². The van der Waals surface area contributed by atoms with Gasteiger partial charge in [0.1, 0.15) is 5.82 Å². The first-order valence-electron chi connectivity index (χ1n) is 10.8. The Balaban J connectivity index is 1.42. The van der Waals surface area contributed by atoms with Crippen molar-refractivity contribution in [2.24, 2.45) is 5.92 Å². The van der Waals surface area contributed by atoms with Gasteiger partial charge in [-0.3, -0.25) is 9.36 Å². The van der Waals surface area contributed by atoms with E-state index in [1.165, 1.54) is 36.7 Å². The first-order chi connectivity index (χ1) is 14.4. The van der Waals surface area contributed by atoms with E-state index < -0.39 is 0 Å². The molecule has 6 nitrogen and oxygen atoms in total. The van der Waals surface area contributed by atoms with Crippen LogP contribution in [0.2, 0.25) is 0 Å². The van der Waals surface area contributed by atoms with E-state index in [4.69, 9.17) is 0 Å². The fourth-order valence-corrected chi connectivity index (χ4v) is 4.73. The quantitative estimate of drug-likeness (QED) is 0.661. The number of halogens is 1. The summed E-state index contributed by atoms with van der Waals surface area (Å²) in [6, 6.07) is 6.49. The maximum absolute atomic E-state index is 13.1. The summed E-state index contributed by atoms with van der Waals surface area (Å²) in [5.41, 5.74) is 0.879. The van der Waals surface area contributed by atoms with Gasteiger partial charge in [0, 0.05) is 19.1 Å². The predicted octanol–water partition coefficient (Wildman–Crippen LogP) is 4.35. The van der Waals surface area contributed by atoms with Gasteiger partial charge in [-0.15, -0.1) is 10.2 Å². The molecule has 1 saturated heterocycles. The van der Waals surface area contributed by atoms with Gasteiger partial charge in [-0.1, -0.05) is 30.8 Å². The number of hydrogen-bond donors (Lipinski definition) is 1. The molecular weight excluding hydrogens is 401 g/mol. The SMILES string of the molecule is CC1CCN(c2nnc(SC(C)C(=O)NC(C)c3ccc(F)cc3)n2C2CC2)CC1. The first-order valence-corrected chi connectivity index (χ1v) is 11.7. The Morgan fingerprint density at radius 2 is 1.80 bits per heavy atom. The van der Waals surface area contributed by atoms with Crippen molar-refractivity contribution in [2.45, 2.75) is 68.9 Å². The fraction of sp³-hybridized carbons (Fsp3) is 0.591. The van der Waals surface area contributed by atoms with Crippen LogP contribution in [-0.2, 0) is 4.79 Å². The molecule has 162 valence electrons. The van der Waals surface area contributed by atoms with Gasteiger partial charge in [-0.05, 0) is 63.1 Å². The minimum atomic E-state index is -0.302. The molecule has 2 fully saturated rings. The molecule has 1 amide bonds. The fourth-order valence-electron chi connectivity index (χ4n) is 3.80. The number of amides is 1. The van der Waals surface area contributed by atoms with Gasteiger partial charge in [0.25, 0.3) is 0 Å². The third-order valence-electron chi connectivity index (χ3n) is 6.01. The van der Waals surface area contributed by atoms with Gasteiger partial charge in [-0.25, -0.2) is 4.39 Å². The summed E-state index contributed by atoms with van der Waals surface area (Å²) < 4.78 is 15.4. The lowest BCUT2D eigenvalue weighted by atomic mass is 10.00. The highest BCUT2D eigenvalue weighted by molar-refractivity contribution is 8.00. The van der Waals surface area contributed by atoms with Crippen LogP contribution < -0.4 is 10.2 Å². The standard InChI is InChI=1S/C22H30FN5OS/c1-14-10-12-27(13-11-14)21-25-26-22(28(21)19-8-9-19)30-16(3)20(29)24-15(2)17-4-6-18(23)7-5-17/h4-7,14-16,19H,8-13H2,1-3H3,(H,24,29). The van der Waals surface area contributed by atoms with Crippen molar-refractivity contribution in [3.8, 4) is 0 Å². The third-order valence-corrected chi connectivity index (χ3v) is 7.06. The van der Waals surface area contributed by atoms with Crippen LogP contribution in [0.3, 0.4) is 0 Å². The molecule has 2 aromatic rings.